The number of nitrogens with zero attached hydrogens (tertiary/aromatic N) is 4. The molecular weight excluding hydrogens is 352 g/mol. The maximum absolute atomic E-state index is 11.6. The zero-order chi connectivity index (χ0) is 12.3. The molecule has 0 saturated carbocycles. The SMILES string of the molecule is [O-][N+](=Nc1ccc(Br)cn1)c1ccc(Br)cn1. The molecule has 0 bridgehead atoms. The van der Waals surface area contributed by atoms with Crippen LogP contribution in [0.15, 0.2) is 50.7 Å². The Labute approximate surface area is 114 Å². The van der Waals surface area contributed by atoms with E-state index in [-0.39, 0.29) is 5.82 Å². The minimum atomic E-state index is 0.206. The highest BCUT2D eigenvalue weighted by Crippen LogP contribution is 2.17. The number of hydrogen-bond acceptors (Lipinski definition) is 4. The van der Waals surface area contributed by atoms with E-state index in [9.17, 15) is 5.21 Å². The van der Waals surface area contributed by atoms with Crippen LogP contribution in [0.2, 0.25) is 0 Å². The average molecular weight is 358 g/mol. The molecule has 2 aromatic rings. The van der Waals surface area contributed by atoms with E-state index < -0.39 is 0 Å². The number of halogens is 2. The molecule has 2 heterocycles. The van der Waals surface area contributed by atoms with Gasteiger partial charge in [-0.1, -0.05) is 5.11 Å². The van der Waals surface area contributed by atoms with Crippen LogP contribution in [0.1, 0.15) is 0 Å². The molecule has 0 aliphatic rings. The first-order valence-electron chi connectivity index (χ1n) is 4.57. The van der Waals surface area contributed by atoms with Crippen LogP contribution < -0.4 is 0 Å². The molecular formula is C10H6Br2N4O. The van der Waals surface area contributed by atoms with E-state index >= 15 is 0 Å². The summed E-state index contributed by atoms with van der Waals surface area (Å²) >= 11 is 6.49. The number of azo groups is 1. The van der Waals surface area contributed by atoms with Gasteiger partial charge in [0, 0.05) is 16.7 Å². The van der Waals surface area contributed by atoms with Gasteiger partial charge in [-0.05, 0) is 55.0 Å². The Hall–Kier alpha value is -1.34. The highest BCUT2D eigenvalue weighted by Gasteiger charge is 2.04. The molecule has 0 aliphatic carbocycles. The zero-order valence-corrected chi connectivity index (χ0v) is 11.6. The van der Waals surface area contributed by atoms with Crippen molar-refractivity contribution in [3.8, 4) is 0 Å². The molecule has 7 heteroatoms. The molecule has 0 atom stereocenters. The second-order valence-electron chi connectivity index (χ2n) is 3.04. The summed E-state index contributed by atoms with van der Waals surface area (Å²) in [7, 11) is 0. The highest BCUT2D eigenvalue weighted by atomic mass is 79.9. The Kier molecular flexibility index (Phi) is 3.80. The molecule has 0 unspecified atom stereocenters. The van der Waals surface area contributed by atoms with Crippen molar-refractivity contribution in [3.63, 3.8) is 0 Å². The second-order valence-corrected chi connectivity index (χ2v) is 4.87. The lowest BCUT2D eigenvalue weighted by atomic mass is 10.5. The van der Waals surface area contributed by atoms with E-state index in [4.69, 9.17) is 0 Å². The number of aromatic nitrogens is 2. The fourth-order valence-corrected chi connectivity index (χ4v) is 1.52. The van der Waals surface area contributed by atoms with E-state index in [2.05, 4.69) is 46.9 Å². The van der Waals surface area contributed by atoms with Crippen LogP contribution in [-0.2, 0) is 0 Å². The maximum Gasteiger partial charge on any atom is 0.347 e. The average Bonchev–Trinajstić information content (AvgIpc) is 2.33. The van der Waals surface area contributed by atoms with Crippen LogP contribution in [0.5, 0.6) is 0 Å². The minimum absolute atomic E-state index is 0.206. The summed E-state index contributed by atoms with van der Waals surface area (Å²) in [6.07, 6.45) is 3.10. The first-order valence-corrected chi connectivity index (χ1v) is 6.16. The fourth-order valence-electron chi connectivity index (χ4n) is 1.05. The highest BCUT2D eigenvalue weighted by molar-refractivity contribution is 9.10. The largest absolute Gasteiger partial charge is 0.690 e. The van der Waals surface area contributed by atoms with Crippen LogP contribution in [-0.4, -0.2) is 14.8 Å². The van der Waals surface area contributed by atoms with Gasteiger partial charge in [0.25, 0.3) is 0 Å². The normalized spacial score (nSPS) is 11.5. The van der Waals surface area contributed by atoms with Gasteiger partial charge in [0.05, 0.1) is 4.47 Å². The van der Waals surface area contributed by atoms with Gasteiger partial charge in [-0.3, -0.25) is 0 Å². The Morgan fingerprint density at radius 3 is 2.18 bits per heavy atom. The summed E-state index contributed by atoms with van der Waals surface area (Å²) in [5.74, 6) is 0.533. The summed E-state index contributed by atoms with van der Waals surface area (Å²) in [6, 6.07) is 6.68. The lowest BCUT2D eigenvalue weighted by Crippen LogP contribution is -1.93. The van der Waals surface area contributed by atoms with Crippen LogP contribution in [0, 0.1) is 5.21 Å². The lowest BCUT2D eigenvalue weighted by molar-refractivity contribution is -0.440. The van der Waals surface area contributed by atoms with Gasteiger partial charge in [0.15, 0.2) is 12.0 Å². The van der Waals surface area contributed by atoms with Gasteiger partial charge < -0.3 is 5.21 Å². The lowest BCUT2D eigenvalue weighted by Gasteiger charge is -2.01. The number of pyridine rings is 2. The van der Waals surface area contributed by atoms with Crippen molar-refractivity contribution in [2.45, 2.75) is 0 Å². The van der Waals surface area contributed by atoms with E-state index in [1.54, 1.807) is 30.5 Å². The molecule has 0 spiro atoms. The van der Waals surface area contributed by atoms with Crippen molar-refractivity contribution in [1.29, 1.82) is 0 Å². The van der Waals surface area contributed by atoms with E-state index in [0.29, 0.717) is 10.7 Å². The molecule has 0 aliphatic heterocycles. The van der Waals surface area contributed by atoms with Crippen LogP contribution in [0.4, 0.5) is 11.6 Å². The minimum Gasteiger partial charge on any atom is -0.690 e. The molecule has 17 heavy (non-hydrogen) atoms. The molecule has 0 amide bonds. The van der Waals surface area contributed by atoms with Crippen molar-refractivity contribution >= 4 is 43.5 Å². The predicted octanol–water partition coefficient (Wildman–Crippen LogP) is 3.93. The summed E-state index contributed by atoms with van der Waals surface area (Å²) in [5, 5.41) is 15.4. The van der Waals surface area contributed by atoms with Gasteiger partial charge in [-0.15, -0.1) is 4.86 Å². The molecule has 5 nitrogen and oxygen atoms in total. The topological polar surface area (TPSA) is 64.2 Å². The fraction of sp³-hybridized carbons (Fsp3) is 0. The summed E-state index contributed by atoms with van der Waals surface area (Å²) in [4.78, 5) is 8.33. The van der Waals surface area contributed by atoms with Gasteiger partial charge in [0.2, 0.25) is 0 Å². The molecule has 86 valence electrons. The van der Waals surface area contributed by atoms with Crippen molar-refractivity contribution in [2.24, 2.45) is 5.11 Å². The predicted molar refractivity (Wildman–Crippen MR) is 69.2 cm³/mol. The van der Waals surface area contributed by atoms with Crippen molar-refractivity contribution < 1.29 is 4.86 Å². The second kappa shape index (κ2) is 5.33. The van der Waals surface area contributed by atoms with Gasteiger partial charge in [-0.2, -0.15) is 0 Å². The summed E-state index contributed by atoms with van der Waals surface area (Å²) in [5.41, 5.74) is 0. The molecule has 0 aromatic carbocycles. The third-order valence-corrected chi connectivity index (χ3v) is 2.75. The van der Waals surface area contributed by atoms with Crippen molar-refractivity contribution in [1.82, 2.24) is 9.97 Å². The first kappa shape index (κ1) is 12.1. The first-order chi connectivity index (χ1) is 8.15. The summed E-state index contributed by atoms with van der Waals surface area (Å²) < 4.78 is 1.63. The third-order valence-electron chi connectivity index (χ3n) is 1.81. The number of rotatable bonds is 2. The van der Waals surface area contributed by atoms with Crippen molar-refractivity contribution in [3.05, 3.63) is 50.8 Å². The molecule has 0 fully saturated rings. The quantitative estimate of drug-likeness (QED) is 0.464. The Balaban J connectivity index is 2.27. The zero-order valence-electron chi connectivity index (χ0n) is 8.42. The Morgan fingerprint density at radius 1 is 1.00 bits per heavy atom. The Bertz CT molecular complexity index is 539. The van der Waals surface area contributed by atoms with Gasteiger partial charge in [-0.25, -0.2) is 4.98 Å². The van der Waals surface area contributed by atoms with Crippen LogP contribution >= 0.6 is 31.9 Å². The standard InChI is InChI=1S/C10H6Br2N4O/c11-7-1-3-9(13-5-7)15-16(17)10-4-2-8(12)6-14-10/h1-6H. The maximum atomic E-state index is 11.6. The van der Waals surface area contributed by atoms with Gasteiger partial charge >= 0.3 is 5.82 Å². The molecule has 0 N–H and O–H groups in total. The molecule has 2 aromatic heterocycles. The Morgan fingerprint density at radius 2 is 1.65 bits per heavy atom. The van der Waals surface area contributed by atoms with Crippen LogP contribution in [0.3, 0.4) is 0 Å². The molecule has 0 radical (unpaired) electrons. The van der Waals surface area contributed by atoms with Crippen molar-refractivity contribution in [2.75, 3.05) is 0 Å². The number of hydrogen-bond donors (Lipinski definition) is 0. The monoisotopic (exact) mass is 356 g/mol. The smallest absolute Gasteiger partial charge is 0.347 e. The molecule has 2 rings (SSSR count). The van der Waals surface area contributed by atoms with Crippen LogP contribution in [0.25, 0.3) is 0 Å². The molecule has 0 saturated heterocycles. The van der Waals surface area contributed by atoms with E-state index in [1.165, 1.54) is 6.20 Å². The van der Waals surface area contributed by atoms with E-state index in [1.807, 2.05) is 0 Å². The van der Waals surface area contributed by atoms with E-state index in [0.717, 1.165) is 8.95 Å². The third kappa shape index (κ3) is 3.31. The summed E-state index contributed by atoms with van der Waals surface area (Å²) in [6.45, 7) is 0. The van der Waals surface area contributed by atoms with Gasteiger partial charge in [0.1, 0.15) is 0 Å².